The van der Waals surface area contributed by atoms with Crippen molar-refractivity contribution in [3.63, 3.8) is 0 Å². The maximum atomic E-state index is 14.2. The summed E-state index contributed by atoms with van der Waals surface area (Å²) in [4.78, 5) is 43.8. The first-order chi connectivity index (χ1) is 38.1. The Morgan fingerprint density at radius 1 is 0.747 bits per heavy atom. The van der Waals surface area contributed by atoms with E-state index >= 15 is 0 Å². The van der Waals surface area contributed by atoms with Crippen LogP contribution in [0.4, 0.5) is 4.39 Å². The standard InChI is InChI=1S/C34H45FN4O2.C31H39ClN4O2/c1-5-31-36-28(18-24-10-7-6-8-11-24)22-39(31)29-14-16-37(17-15-29)20-26-21-38(32(33(40)41)34(2,3)4)23-30(26)25-12-9-13-27(35)19-25;1-21-4-2-7-24(14-21)27-20-35(28(31(37)38)15-22-5-3-6-22)18-25(27)17-34-12-10-23(11-13-34)29-16-33-30-9-8-26(32)19-36(29)30/h6-13,19,22,26,29-30,32H,5,14-18,20-21,23H2,1-4H3,(H,40,41);2,4,7-9,14,16,19,22-23,25,27-28H,3,5-6,10-13,15,17-18,20H2,1H3,(H,37,38)/t26-,30+,32-;25-,27+,28+/m00/s1. The molecule has 2 N–H and O–H groups in total. The number of pyridine rings is 1. The van der Waals surface area contributed by atoms with Gasteiger partial charge in [0, 0.05) is 113 Å². The molecule has 6 aromatic rings. The third kappa shape index (κ3) is 13.7. The molecule has 0 unspecified atom stereocenters. The maximum Gasteiger partial charge on any atom is 0.321 e. The number of imidazole rings is 2. The van der Waals surface area contributed by atoms with Crippen LogP contribution in [0.2, 0.25) is 5.02 Å². The number of fused-ring (bicyclic) bond motifs is 1. The first-order valence-electron chi connectivity index (χ1n) is 29.5. The van der Waals surface area contributed by atoms with Gasteiger partial charge >= 0.3 is 11.9 Å². The molecule has 6 atom stereocenters. The van der Waals surface area contributed by atoms with Gasteiger partial charge in [0.15, 0.2) is 0 Å². The Bertz CT molecular complexity index is 2990. The largest absolute Gasteiger partial charge is 0.480 e. The quantitative estimate of drug-likeness (QED) is 0.0913. The number of likely N-dealkylation sites (tertiary alicyclic amines) is 4. The summed E-state index contributed by atoms with van der Waals surface area (Å²) in [6, 6.07) is 29.7. The van der Waals surface area contributed by atoms with Crippen molar-refractivity contribution in [2.45, 2.75) is 135 Å². The zero-order valence-electron chi connectivity index (χ0n) is 47.3. The molecule has 5 fully saturated rings. The van der Waals surface area contributed by atoms with E-state index in [1.165, 1.54) is 47.7 Å². The first kappa shape index (κ1) is 56.8. The van der Waals surface area contributed by atoms with Crippen molar-refractivity contribution in [3.05, 3.63) is 160 Å². The number of aliphatic carboxylic acids is 2. The number of piperidine rings is 2. The van der Waals surface area contributed by atoms with Crippen LogP contribution in [0.1, 0.15) is 142 Å². The second-order valence-corrected chi connectivity index (χ2v) is 25.5. The summed E-state index contributed by atoms with van der Waals surface area (Å²) < 4.78 is 18.8. The molecule has 5 aliphatic rings. The minimum absolute atomic E-state index is 0.105. The van der Waals surface area contributed by atoms with E-state index in [1.54, 1.807) is 12.1 Å². The van der Waals surface area contributed by atoms with Gasteiger partial charge in [0.25, 0.3) is 0 Å². The van der Waals surface area contributed by atoms with Gasteiger partial charge in [0.05, 0.1) is 10.7 Å². The molecular weight excluding hydrogens is 1010 g/mol. The van der Waals surface area contributed by atoms with E-state index < -0.39 is 23.4 Å². The minimum Gasteiger partial charge on any atom is -0.480 e. The second-order valence-electron chi connectivity index (χ2n) is 25.0. The highest BCUT2D eigenvalue weighted by molar-refractivity contribution is 6.30. The van der Waals surface area contributed by atoms with E-state index in [0.29, 0.717) is 42.8 Å². The number of rotatable bonds is 17. The smallest absolute Gasteiger partial charge is 0.321 e. The molecule has 14 heteroatoms. The first-order valence-corrected chi connectivity index (χ1v) is 29.9. The van der Waals surface area contributed by atoms with Crippen LogP contribution in [0.5, 0.6) is 0 Å². The number of nitrogens with zero attached hydrogens (tertiary/aromatic N) is 8. The van der Waals surface area contributed by atoms with Gasteiger partial charge in [-0.1, -0.05) is 131 Å². The number of aryl methyl sites for hydroxylation is 2. The summed E-state index contributed by atoms with van der Waals surface area (Å²) in [5, 5.41) is 21.0. The predicted octanol–water partition coefficient (Wildman–Crippen LogP) is 11.9. The van der Waals surface area contributed by atoms with E-state index in [1.807, 2.05) is 57.4 Å². The fourth-order valence-electron chi connectivity index (χ4n) is 14.2. The summed E-state index contributed by atoms with van der Waals surface area (Å²) in [5.41, 5.74) is 7.84. The monoisotopic (exact) mass is 1090 g/mol. The van der Waals surface area contributed by atoms with Crippen molar-refractivity contribution in [2.75, 3.05) is 65.4 Å². The average Bonchev–Trinajstić information content (AvgIpc) is 4.25. The van der Waals surface area contributed by atoms with Gasteiger partial charge in [-0.25, -0.2) is 14.4 Å². The summed E-state index contributed by atoms with van der Waals surface area (Å²) in [5.74, 6) is 1.72. The highest BCUT2D eigenvalue weighted by Crippen LogP contribution is 2.41. The van der Waals surface area contributed by atoms with Crippen LogP contribution in [-0.2, 0) is 22.4 Å². The van der Waals surface area contributed by atoms with Crippen molar-refractivity contribution in [2.24, 2.45) is 23.2 Å². The topological polar surface area (TPSA) is 123 Å². The minimum atomic E-state index is -0.782. The molecule has 4 aliphatic heterocycles. The molecule has 11 rings (SSSR count). The third-order valence-electron chi connectivity index (χ3n) is 18.5. The number of carboxylic acids is 2. The van der Waals surface area contributed by atoms with E-state index in [4.69, 9.17) is 16.6 Å². The lowest BCUT2D eigenvalue weighted by Gasteiger charge is -2.36. The fraction of sp³-hybridized carbons (Fsp3) is 0.538. The lowest BCUT2D eigenvalue weighted by Crippen LogP contribution is -2.48. The van der Waals surface area contributed by atoms with E-state index in [9.17, 15) is 24.2 Å². The number of aromatic nitrogens is 4. The normalized spacial score (nSPS) is 23.1. The molecule has 422 valence electrons. The molecular formula is C65H84ClFN8O4. The van der Waals surface area contributed by atoms with Gasteiger partial charge in [-0.15, -0.1) is 0 Å². The number of carboxylic acid groups (broad SMARTS) is 2. The van der Waals surface area contributed by atoms with Crippen molar-refractivity contribution in [3.8, 4) is 0 Å². The average molecular weight is 1100 g/mol. The molecule has 0 amide bonds. The van der Waals surface area contributed by atoms with Crippen molar-refractivity contribution < 1.29 is 24.2 Å². The van der Waals surface area contributed by atoms with Crippen LogP contribution >= 0.6 is 11.6 Å². The van der Waals surface area contributed by atoms with Crippen molar-refractivity contribution in [1.82, 2.24) is 38.5 Å². The van der Waals surface area contributed by atoms with Gasteiger partial charge in [-0.2, -0.15) is 0 Å². The SMILES string of the molecule is CCc1nc(Cc2ccccc2)cn1C1CCN(C[C@H]2CN([C@@H](C(=O)O)C(C)(C)C)C[C@@H]2c2cccc(F)c2)CC1.Cc1cccc([C@H]2CN([C@H](CC3CCC3)C(=O)O)C[C@@H]2CN2CCC(c3cnc4ccc(Cl)cn34)CC2)c1. The number of hydrogen-bond acceptors (Lipinski definition) is 8. The van der Waals surface area contributed by atoms with Crippen LogP contribution in [0.3, 0.4) is 0 Å². The van der Waals surface area contributed by atoms with Gasteiger partial charge in [-0.3, -0.25) is 19.4 Å². The molecule has 1 saturated carbocycles. The molecule has 0 spiro atoms. The number of carbonyl (C=O) groups is 2. The van der Waals surface area contributed by atoms with Gasteiger partial charge in [0.2, 0.25) is 0 Å². The van der Waals surface area contributed by atoms with Crippen LogP contribution in [0, 0.1) is 35.9 Å². The van der Waals surface area contributed by atoms with Gasteiger partial charge < -0.3 is 29.0 Å². The van der Waals surface area contributed by atoms with Crippen LogP contribution in [0.15, 0.2) is 110 Å². The molecule has 0 radical (unpaired) electrons. The summed E-state index contributed by atoms with van der Waals surface area (Å²) >= 11 is 6.27. The van der Waals surface area contributed by atoms with Crippen molar-refractivity contribution >= 4 is 29.2 Å². The highest BCUT2D eigenvalue weighted by atomic mass is 35.5. The van der Waals surface area contributed by atoms with Crippen molar-refractivity contribution in [1.29, 1.82) is 0 Å². The third-order valence-corrected chi connectivity index (χ3v) is 18.7. The Labute approximate surface area is 473 Å². The lowest BCUT2D eigenvalue weighted by molar-refractivity contribution is -0.147. The van der Waals surface area contributed by atoms with Gasteiger partial charge in [-0.05, 0) is 116 Å². The van der Waals surface area contributed by atoms with Crippen LogP contribution in [-0.4, -0.2) is 138 Å². The Balaban J connectivity index is 0.000000179. The molecule has 3 aromatic carbocycles. The summed E-state index contributed by atoms with van der Waals surface area (Å²) in [6.45, 7) is 19.4. The molecule has 7 heterocycles. The Hall–Kier alpha value is -5.44. The molecule has 4 saturated heterocycles. The highest BCUT2D eigenvalue weighted by Gasteiger charge is 2.45. The Morgan fingerprint density at radius 3 is 2.00 bits per heavy atom. The lowest BCUT2D eigenvalue weighted by atomic mass is 9.80. The number of benzene rings is 3. The zero-order valence-corrected chi connectivity index (χ0v) is 48.0. The Kier molecular flexibility index (Phi) is 18.1. The summed E-state index contributed by atoms with van der Waals surface area (Å²) in [7, 11) is 0. The van der Waals surface area contributed by atoms with Crippen LogP contribution in [0.25, 0.3) is 5.65 Å². The molecule has 79 heavy (non-hydrogen) atoms. The summed E-state index contributed by atoms with van der Waals surface area (Å²) in [6.07, 6.45) is 16.8. The van der Waals surface area contributed by atoms with Crippen LogP contribution < -0.4 is 0 Å². The number of hydrogen-bond donors (Lipinski definition) is 2. The van der Waals surface area contributed by atoms with E-state index in [0.717, 1.165) is 125 Å². The van der Waals surface area contributed by atoms with E-state index in [-0.39, 0.29) is 23.7 Å². The number of halogens is 2. The molecule has 1 aliphatic carbocycles. The molecule has 3 aromatic heterocycles. The van der Waals surface area contributed by atoms with E-state index in [2.05, 4.69) is 102 Å². The zero-order chi connectivity index (χ0) is 55.4. The second kappa shape index (κ2) is 25.1. The predicted molar refractivity (Wildman–Crippen MR) is 312 cm³/mol. The maximum absolute atomic E-state index is 14.2. The molecule has 0 bridgehead atoms. The Morgan fingerprint density at radius 2 is 1.39 bits per heavy atom. The molecule has 12 nitrogen and oxygen atoms in total. The fourth-order valence-corrected chi connectivity index (χ4v) is 14.4. The van der Waals surface area contributed by atoms with Gasteiger partial charge in [0.1, 0.15) is 29.4 Å².